The summed E-state index contributed by atoms with van der Waals surface area (Å²) in [5, 5.41) is 1.01. The molecular formula is C18H20N6O. The van der Waals surface area contributed by atoms with Crippen LogP contribution in [-0.2, 0) is 6.54 Å². The monoisotopic (exact) mass is 336 g/mol. The van der Waals surface area contributed by atoms with Gasteiger partial charge in [-0.1, -0.05) is 6.07 Å². The first-order valence-corrected chi connectivity index (χ1v) is 8.35. The predicted octanol–water partition coefficient (Wildman–Crippen LogP) is 1.75. The van der Waals surface area contributed by atoms with Crippen molar-refractivity contribution in [2.24, 2.45) is 0 Å². The molecule has 0 radical (unpaired) electrons. The number of aromatic nitrogens is 4. The SMILES string of the molecule is COc1ccc(CN2CCN(c3ncnc4ncccc34)CC2)cn1. The molecule has 0 amide bonds. The van der Waals surface area contributed by atoms with Crippen molar-refractivity contribution >= 4 is 16.9 Å². The van der Waals surface area contributed by atoms with Crippen molar-refractivity contribution < 1.29 is 4.74 Å². The Bertz CT molecular complexity index is 840. The minimum absolute atomic E-state index is 0.651. The Balaban J connectivity index is 1.42. The zero-order valence-corrected chi connectivity index (χ0v) is 14.2. The first-order valence-electron chi connectivity index (χ1n) is 8.35. The Kier molecular flexibility index (Phi) is 4.39. The van der Waals surface area contributed by atoms with Crippen LogP contribution in [0.5, 0.6) is 5.88 Å². The lowest BCUT2D eigenvalue weighted by atomic mass is 10.2. The van der Waals surface area contributed by atoms with Gasteiger partial charge in [-0.15, -0.1) is 0 Å². The van der Waals surface area contributed by atoms with Gasteiger partial charge in [-0.05, 0) is 17.7 Å². The smallest absolute Gasteiger partial charge is 0.212 e. The summed E-state index contributed by atoms with van der Waals surface area (Å²) in [5.74, 6) is 1.63. The lowest BCUT2D eigenvalue weighted by molar-refractivity contribution is 0.249. The van der Waals surface area contributed by atoms with Crippen LogP contribution in [0, 0.1) is 0 Å². The zero-order valence-electron chi connectivity index (χ0n) is 14.2. The average molecular weight is 336 g/mol. The molecule has 4 heterocycles. The quantitative estimate of drug-likeness (QED) is 0.719. The molecule has 128 valence electrons. The molecule has 0 unspecified atom stereocenters. The van der Waals surface area contributed by atoms with Gasteiger partial charge in [0.1, 0.15) is 12.1 Å². The first-order chi connectivity index (χ1) is 12.3. The van der Waals surface area contributed by atoms with E-state index in [0.29, 0.717) is 5.88 Å². The van der Waals surface area contributed by atoms with E-state index in [4.69, 9.17) is 4.74 Å². The van der Waals surface area contributed by atoms with Crippen LogP contribution in [0.1, 0.15) is 5.56 Å². The van der Waals surface area contributed by atoms with Crippen molar-refractivity contribution in [1.29, 1.82) is 0 Å². The average Bonchev–Trinajstić information content (AvgIpc) is 2.69. The fraction of sp³-hybridized carbons (Fsp3) is 0.333. The van der Waals surface area contributed by atoms with Gasteiger partial charge in [0.15, 0.2) is 5.65 Å². The van der Waals surface area contributed by atoms with Crippen molar-refractivity contribution in [3.05, 3.63) is 48.5 Å². The third kappa shape index (κ3) is 3.36. The van der Waals surface area contributed by atoms with E-state index < -0.39 is 0 Å². The minimum Gasteiger partial charge on any atom is -0.481 e. The molecule has 7 heteroatoms. The summed E-state index contributed by atoms with van der Waals surface area (Å²) < 4.78 is 5.11. The van der Waals surface area contributed by atoms with Gasteiger partial charge in [0.25, 0.3) is 0 Å². The number of fused-ring (bicyclic) bond motifs is 1. The Morgan fingerprint density at radius 3 is 2.64 bits per heavy atom. The first kappa shape index (κ1) is 15.7. The summed E-state index contributed by atoms with van der Waals surface area (Å²) in [7, 11) is 1.63. The van der Waals surface area contributed by atoms with Crippen LogP contribution in [0.4, 0.5) is 5.82 Å². The summed E-state index contributed by atoms with van der Waals surface area (Å²) in [6.07, 6.45) is 5.24. The molecule has 3 aromatic heterocycles. The second-order valence-electron chi connectivity index (χ2n) is 6.04. The number of nitrogens with zero attached hydrogens (tertiary/aromatic N) is 6. The van der Waals surface area contributed by atoms with Gasteiger partial charge >= 0.3 is 0 Å². The maximum absolute atomic E-state index is 5.11. The highest BCUT2D eigenvalue weighted by atomic mass is 16.5. The molecule has 0 atom stereocenters. The number of hydrogen-bond donors (Lipinski definition) is 0. The second-order valence-corrected chi connectivity index (χ2v) is 6.04. The third-order valence-electron chi connectivity index (χ3n) is 4.47. The number of pyridine rings is 2. The van der Waals surface area contributed by atoms with Crippen LogP contribution in [-0.4, -0.2) is 58.1 Å². The van der Waals surface area contributed by atoms with Crippen LogP contribution in [0.2, 0.25) is 0 Å². The molecule has 0 saturated carbocycles. The fourth-order valence-corrected chi connectivity index (χ4v) is 3.14. The third-order valence-corrected chi connectivity index (χ3v) is 4.47. The molecule has 25 heavy (non-hydrogen) atoms. The van der Waals surface area contributed by atoms with Crippen LogP contribution in [0.3, 0.4) is 0 Å². The van der Waals surface area contributed by atoms with Crippen molar-refractivity contribution in [3.8, 4) is 5.88 Å². The Labute approximate surface area is 146 Å². The van der Waals surface area contributed by atoms with Gasteiger partial charge in [0.2, 0.25) is 5.88 Å². The van der Waals surface area contributed by atoms with E-state index in [1.54, 1.807) is 19.6 Å². The van der Waals surface area contributed by atoms with Gasteiger partial charge in [0.05, 0.1) is 12.5 Å². The van der Waals surface area contributed by atoms with E-state index in [-0.39, 0.29) is 0 Å². The molecule has 0 aromatic carbocycles. The molecule has 1 aliphatic rings. The molecule has 1 fully saturated rings. The molecular weight excluding hydrogens is 316 g/mol. The Morgan fingerprint density at radius 2 is 1.88 bits per heavy atom. The second kappa shape index (κ2) is 6.98. The Hall–Kier alpha value is -2.80. The molecule has 3 aromatic rings. The summed E-state index contributed by atoms with van der Waals surface area (Å²) in [6, 6.07) is 7.95. The highest BCUT2D eigenvalue weighted by molar-refractivity contribution is 5.86. The van der Waals surface area contributed by atoms with E-state index in [9.17, 15) is 0 Å². The van der Waals surface area contributed by atoms with Crippen LogP contribution < -0.4 is 9.64 Å². The number of ether oxygens (including phenoxy) is 1. The lowest BCUT2D eigenvalue weighted by Gasteiger charge is -2.35. The normalized spacial score (nSPS) is 15.5. The van der Waals surface area contributed by atoms with Gasteiger partial charge in [0, 0.05) is 51.2 Å². The number of methoxy groups -OCH3 is 1. The largest absolute Gasteiger partial charge is 0.481 e. The van der Waals surface area contributed by atoms with Crippen molar-refractivity contribution in [3.63, 3.8) is 0 Å². The van der Waals surface area contributed by atoms with Crippen molar-refractivity contribution in [1.82, 2.24) is 24.8 Å². The summed E-state index contributed by atoms with van der Waals surface area (Å²) >= 11 is 0. The van der Waals surface area contributed by atoms with Crippen LogP contribution in [0.15, 0.2) is 43.0 Å². The number of anilines is 1. The molecule has 0 aliphatic carbocycles. The number of hydrogen-bond acceptors (Lipinski definition) is 7. The summed E-state index contributed by atoms with van der Waals surface area (Å²) in [4.78, 5) is 22.1. The Morgan fingerprint density at radius 1 is 1.00 bits per heavy atom. The van der Waals surface area contributed by atoms with E-state index >= 15 is 0 Å². The number of rotatable bonds is 4. The highest BCUT2D eigenvalue weighted by Crippen LogP contribution is 2.22. The standard InChI is InChI=1S/C18H20N6O/c1-25-16-5-4-14(11-20-16)12-23-7-9-24(10-8-23)18-15-3-2-6-19-17(15)21-13-22-18/h2-6,11,13H,7-10,12H2,1H3. The van der Waals surface area contributed by atoms with E-state index in [1.807, 2.05) is 24.4 Å². The van der Waals surface area contributed by atoms with Crippen LogP contribution >= 0.6 is 0 Å². The molecule has 0 spiro atoms. The van der Waals surface area contributed by atoms with Gasteiger partial charge in [-0.2, -0.15) is 0 Å². The number of piperazine rings is 1. The van der Waals surface area contributed by atoms with Crippen molar-refractivity contribution in [2.45, 2.75) is 6.54 Å². The van der Waals surface area contributed by atoms with Gasteiger partial charge in [-0.25, -0.2) is 19.9 Å². The summed E-state index contributed by atoms with van der Waals surface area (Å²) in [5.41, 5.74) is 1.95. The van der Waals surface area contributed by atoms with Gasteiger partial charge in [-0.3, -0.25) is 4.90 Å². The maximum atomic E-state index is 5.11. The van der Waals surface area contributed by atoms with Crippen LogP contribution in [0.25, 0.3) is 11.0 Å². The molecule has 1 aliphatic heterocycles. The topological polar surface area (TPSA) is 67.3 Å². The zero-order chi connectivity index (χ0) is 17.1. The lowest BCUT2D eigenvalue weighted by Crippen LogP contribution is -2.46. The summed E-state index contributed by atoms with van der Waals surface area (Å²) in [6.45, 7) is 4.74. The molecule has 0 N–H and O–H groups in total. The molecule has 7 nitrogen and oxygen atoms in total. The predicted molar refractivity (Wildman–Crippen MR) is 95.6 cm³/mol. The molecule has 1 saturated heterocycles. The fourth-order valence-electron chi connectivity index (χ4n) is 3.14. The molecule has 4 rings (SSSR count). The maximum Gasteiger partial charge on any atom is 0.212 e. The highest BCUT2D eigenvalue weighted by Gasteiger charge is 2.20. The van der Waals surface area contributed by atoms with Crippen molar-refractivity contribution in [2.75, 3.05) is 38.2 Å². The molecule has 0 bridgehead atoms. The van der Waals surface area contributed by atoms with E-state index in [0.717, 1.165) is 49.6 Å². The van der Waals surface area contributed by atoms with Gasteiger partial charge < -0.3 is 9.64 Å². The van der Waals surface area contributed by atoms with E-state index in [1.165, 1.54) is 5.56 Å². The minimum atomic E-state index is 0.651. The van der Waals surface area contributed by atoms with E-state index in [2.05, 4.69) is 35.8 Å².